The Morgan fingerprint density at radius 1 is 1.26 bits per heavy atom. The maximum absolute atomic E-state index is 4.63. The van der Waals surface area contributed by atoms with Crippen LogP contribution >= 0.6 is 11.3 Å². The van der Waals surface area contributed by atoms with E-state index in [-0.39, 0.29) is 0 Å². The van der Waals surface area contributed by atoms with E-state index >= 15 is 0 Å². The van der Waals surface area contributed by atoms with Crippen LogP contribution < -0.4 is 5.32 Å². The van der Waals surface area contributed by atoms with Crippen LogP contribution in [-0.2, 0) is 6.54 Å². The Hall–Kier alpha value is -2.02. The molecule has 120 valence electrons. The summed E-state index contributed by atoms with van der Waals surface area (Å²) in [6, 6.07) is 0.526. The molecular formula is C16H20N6S. The number of hydrogen-bond acceptors (Lipinski definition) is 6. The van der Waals surface area contributed by atoms with E-state index in [1.54, 1.807) is 11.3 Å². The predicted molar refractivity (Wildman–Crippen MR) is 92.7 cm³/mol. The molecule has 0 radical (unpaired) electrons. The molecule has 1 aliphatic rings. The Balaban J connectivity index is 1.86. The molecule has 1 N–H and O–H groups in total. The van der Waals surface area contributed by atoms with Gasteiger partial charge in [-0.05, 0) is 26.7 Å². The first-order chi connectivity index (χ1) is 11.3. The fourth-order valence-electron chi connectivity index (χ4n) is 3.26. The molecule has 3 aromatic heterocycles. The molecule has 0 saturated heterocycles. The number of pyridine rings is 1. The second kappa shape index (κ2) is 5.88. The van der Waals surface area contributed by atoms with Gasteiger partial charge in [-0.1, -0.05) is 24.2 Å². The average Bonchev–Trinajstić information content (AvgIpc) is 3.27. The van der Waals surface area contributed by atoms with Gasteiger partial charge in [0, 0.05) is 18.8 Å². The smallest absolute Gasteiger partial charge is 0.159 e. The summed E-state index contributed by atoms with van der Waals surface area (Å²) in [6.07, 6.45) is 8.87. The first kappa shape index (κ1) is 14.6. The number of fused-ring (bicyclic) bond motifs is 1. The first-order valence-electron chi connectivity index (χ1n) is 8.17. The highest BCUT2D eigenvalue weighted by molar-refractivity contribution is 7.14. The average molecular weight is 328 g/mol. The highest BCUT2D eigenvalue weighted by Crippen LogP contribution is 2.36. The van der Waals surface area contributed by atoms with E-state index in [0.29, 0.717) is 6.04 Å². The van der Waals surface area contributed by atoms with Gasteiger partial charge in [0.25, 0.3) is 0 Å². The third-order valence-electron chi connectivity index (χ3n) is 4.43. The molecular weight excluding hydrogens is 308 g/mol. The van der Waals surface area contributed by atoms with Crippen LogP contribution in [0.2, 0.25) is 0 Å². The zero-order valence-electron chi connectivity index (χ0n) is 13.4. The zero-order chi connectivity index (χ0) is 15.8. The third kappa shape index (κ3) is 2.59. The van der Waals surface area contributed by atoms with Crippen LogP contribution in [0.5, 0.6) is 0 Å². The van der Waals surface area contributed by atoms with Gasteiger partial charge in [-0.25, -0.2) is 9.67 Å². The molecule has 3 heterocycles. The van der Waals surface area contributed by atoms with Crippen molar-refractivity contribution in [3.63, 3.8) is 0 Å². The Morgan fingerprint density at radius 2 is 2.09 bits per heavy atom. The van der Waals surface area contributed by atoms with Gasteiger partial charge in [-0.15, -0.1) is 10.2 Å². The van der Waals surface area contributed by atoms with Gasteiger partial charge in [0.1, 0.15) is 5.01 Å². The number of hydrogen-bond donors (Lipinski definition) is 1. The van der Waals surface area contributed by atoms with Crippen molar-refractivity contribution in [1.29, 1.82) is 0 Å². The molecule has 6 nitrogen and oxygen atoms in total. The van der Waals surface area contributed by atoms with Gasteiger partial charge < -0.3 is 5.32 Å². The molecule has 3 aromatic rings. The van der Waals surface area contributed by atoms with E-state index in [0.717, 1.165) is 38.8 Å². The summed E-state index contributed by atoms with van der Waals surface area (Å²) >= 11 is 1.60. The van der Waals surface area contributed by atoms with Crippen molar-refractivity contribution < 1.29 is 0 Å². The van der Waals surface area contributed by atoms with Crippen LogP contribution in [0.4, 0.5) is 5.69 Å². The molecule has 0 unspecified atom stereocenters. The minimum Gasteiger partial charge on any atom is -0.381 e. The van der Waals surface area contributed by atoms with Crippen LogP contribution in [-0.4, -0.2) is 31.0 Å². The van der Waals surface area contributed by atoms with Crippen LogP contribution in [0.3, 0.4) is 0 Å². The summed E-state index contributed by atoms with van der Waals surface area (Å²) in [5, 5.41) is 19.6. The number of nitrogens with one attached hydrogen (secondary N) is 1. The maximum atomic E-state index is 4.63. The van der Waals surface area contributed by atoms with Gasteiger partial charge in [0.15, 0.2) is 10.7 Å². The number of nitrogens with zero attached hydrogens (tertiary/aromatic N) is 5. The fraction of sp³-hybridized carbons (Fsp3) is 0.500. The number of aryl methyl sites for hydroxylation is 2. The van der Waals surface area contributed by atoms with E-state index in [1.807, 2.05) is 24.0 Å². The predicted octanol–water partition coefficient (Wildman–Crippen LogP) is 3.63. The lowest BCUT2D eigenvalue weighted by Crippen LogP contribution is -2.15. The molecule has 0 atom stereocenters. The lowest BCUT2D eigenvalue weighted by Gasteiger charge is -2.17. The van der Waals surface area contributed by atoms with Gasteiger partial charge in [0.2, 0.25) is 0 Å². The van der Waals surface area contributed by atoms with Crippen molar-refractivity contribution in [2.24, 2.45) is 0 Å². The Labute approximate surface area is 139 Å². The SMILES string of the molecule is CCn1ncc2c(NC3CCCC3)c(-c3nnc(C)s3)cnc21. The van der Waals surface area contributed by atoms with Gasteiger partial charge in [0.05, 0.1) is 22.8 Å². The standard InChI is InChI=1S/C16H20N6S/c1-3-22-15-12(9-18-22)14(19-11-6-4-5-7-11)13(8-17-15)16-21-20-10(2)23-16/h8-9,11H,3-7H2,1-2H3,(H,17,19). The molecule has 0 spiro atoms. The van der Waals surface area contributed by atoms with Crippen LogP contribution in [0.15, 0.2) is 12.4 Å². The molecule has 7 heteroatoms. The summed E-state index contributed by atoms with van der Waals surface area (Å²) in [5.41, 5.74) is 3.07. The van der Waals surface area contributed by atoms with Crippen molar-refractivity contribution in [2.45, 2.75) is 52.1 Å². The minimum absolute atomic E-state index is 0.526. The third-order valence-corrected chi connectivity index (χ3v) is 5.30. The summed E-state index contributed by atoms with van der Waals surface area (Å²) < 4.78 is 1.93. The van der Waals surface area contributed by atoms with E-state index in [2.05, 4.69) is 32.5 Å². The molecule has 0 amide bonds. The van der Waals surface area contributed by atoms with Crippen LogP contribution in [0.25, 0.3) is 21.6 Å². The molecule has 0 bridgehead atoms. The lowest BCUT2D eigenvalue weighted by atomic mass is 10.1. The molecule has 1 fully saturated rings. The zero-order valence-corrected chi connectivity index (χ0v) is 14.2. The van der Waals surface area contributed by atoms with Crippen molar-refractivity contribution in [3.8, 4) is 10.6 Å². The van der Waals surface area contributed by atoms with Crippen LogP contribution in [0.1, 0.15) is 37.6 Å². The molecule has 0 aromatic carbocycles. The molecule has 1 aliphatic carbocycles. The largest absolute Gasteiger partial charge is 0.381 e. The highest BCUT2D eigenvalue weighted by atomic mass is 32.1. The summed E-state index contributed by atoms with van der Waals surface area (Å²) in [5.74, 6) is 0. The lowest BCUT2D eigenvalue weighted by molar-refractivity contribution is 0.677. The number of anilines is 1. The van der Waals surface area contributed by atoms with Crippen molar-refractivity contribution in [2.75, 3.05) is 5.32 Å². The summed E-state index contributed by atoms with van der Waals surface area (Å²) in [6.45, 7) is 4.88. The minimum atomic E-state index is 0.526. The second-order valence-corrected chi connectivity index (χ2v) is 7.18. The summed E-state index contributed by atoms with van der Waals surface area (Å²) in [7, 11) is 0. The maximum Gasteiger partial charge on any atom is 0.159 e. The summed E-state index contributed by atoms with van der Waals surface area (Å²) in [4.78, 5) is 4.63. The van der Waals surface area contributed by atoms with E-state index in [9.17, 15) is 0 Å². The Bertz CT molecular complexity index is 830. The molecule has 23 heavy (non-hydrogen) atoms. The van der Waals surface area contributed by atoms with E-state index < -0.39 is 0 Å². The monoisotopic (exact) mass is 328 g/mol. The first-order valence-corrected chi connectivity index (χ1v) is 8.99. The van der Waals surface area contributed by atoms with Gasteiger partial charge in [-0.3, -0.25) is 0 Å². The highest BCUT2D eigenvalue weighted by Gasteiger charge is 2.21. The quantitative estimate of drug-likeness (QED) is 0.792. The van der Waals surface area contributed by atoms with E-state index in [4.69, 9.17) is 0 Å². The Kier molecular flexibility index (Phi) is 3.72. The van der Waals surface area contributed by atoms with Crippen LogP contribution in [0, 0.1) is 6.92 Å². The Morgan fingerprint density at radius 3 is 2.78 bits per heavy atom. The second-order valence-electron chi connectivity index (χ2n) is 6.00. The fourth-order valence-corrected chi connectivity index (χ4v) is 3.96. The molecule has 1 saturated carbocycles. The molecule has 4 rings (SSSR count). The van der Waals surface area contributed by atoms with Gasteiger partial charge >= 0.3 is 0 Å². The van der Waals surface area contributed by atoms with Crippen molar-refractivity contribution in [1.82, 2.24) is 25.0 Å². The normalized spacial score (nSPS) is 15.6. The van der Waals surface area contributed by atoms with Crippen molar-refractivity contribution >= 4 is 28.1 Å². The topological polar surface area (TPSA) is 68.5 Å². The molecule has 0 aliphatic heterocycles. The van der Waals surface area contributed by atoms with Gasteiger partial charge in [-0.2, -0.15) is 5.10 Å². The number of aromatic nitrogens is 5. The number of rotatable bonds is 4. The van der Waals surface area contributed by atoms with E-state index in [1.165, 1.54) is 25.7 Å². The van der Waals surface area contributed by atoms with Crippen molar-refractivity contribution in [3.05, 3.63) is 17.4 Å².